The number of nitrogens with one attached hydrogen (secondary N) is 1. The number of benzene rings is 2. The number of anilines is 1. The van der Waals surface area contributed by atoms with E-state index >= 15 is 0 Å². The Morgan fingerprint density at radius 3 is 2.38 bits per heavy atom. The summed E-state index contributed by atoms with van der Waals surface area (Å²) in [7, 11) is 0. The lowest BCUT2D eigenvalue weighted by Gasteiger charge is -2.16. The summed E-state index contributed by atoms with van der Waals surface area (Å²) in [6.45, 7) is 4.85. The van der Waals surface area contributed by atoms with Gasteiger partial charge in [-0.15, -0.1) is 0 Å². The van der Waals surface area contributed by atoms with E-state index in [1.165, 1.54) is 55.7 Å². The second kappa shape index (κ2) is 7.28. The van der Waals surface area contributed by atoms with E-state index in [4.69, 9.17) is 0 Å². The summed E-state index contributed by atoms with van der Waals surface area (Å²) in [5.41, 5.74) is 3.81. The lowest BCUT2D eigenvalue weighted by atomic mass is 10.0. The van der Waals surface area contributed by atoms with Gasteiger partial charge in [-0.25, -0.2) is 0 Å². The highest BCUT2D eigenvalue weighted by Crippen LogP contribution is 2.27. The average molecular weight is 280 g/mol. The molecule has 2 nitrogen and oxygen atoms in total. The van der Waals surface area contributed by atoms with Gasteiger partial charge in [0.05, 0.1) is 0 Å². The molecule has 2 aromatic rings. The fourth-order valence-electron chi connectivity index (χ4n) is 3.04. The SMILES string of the molecule is c1ccc(-c2ccccc2NCCCN2CCCC2)cc1. The Balaban J connectivity index is 1.58. The van der Waals surface area contributed by atoms with E-state index in [0.717, 1.165) is 6.54 Å². The van der Waals surface area contributed by atoms with Crippen LogP contribution in [-0.2, 0) is 0 Å². The molecule has 1 aliphatic rings. The maximum atomic E-state index is 3.61. The second-order valence-corrected chi connectivity index (χ2v) is 5.74. The number of rotatable bonds is 6. The Morgan fingerprint density at radius 1 is 0.857 bits per heavy atom. The molecule has 0 atom stereocenters. The normalized spacial score (nSPS) is 15.2. The first-order chi connectivity index (χ1) is 10.4. The zero-order valence-corrected chi connectivity index (χ0v) is 12.6. The summed E-state index contributed by atoms with van der Waals surface area (Å²) in [4.78, 5) is 2.57. The Labute approximate surface area is 127 Å². The minimum atomic E-state index is 1.04. The molecule has 1 heterocycles. The molecule has 2 heteroatoms. The van der Waals surface area contributed by atoms with Gasteiger partial charge in [0.2, 0.25) is 0 Å². The van der Waals surface area contributed by atoms with Crippen LogP contribution in [0.1, 0.15) is 19.3 Å². The zero-order chi connectivity index (χ0) is 14.3. The minimum Gasteiger partial charge on any atom is -0.384 e. The van der Waals surface area contributed by atoms with E-state index < -0.39 is 0 Å². The van der Waals surface area contributed by atoms with Crippen LogP contribution >= 0.6 is 0 Å². The molecule has 3 rings (SSSR count). The monoisotopic (exact) mass is 280 g/mol. The number of hydrogen-bond donors (Lipinski definition) is 1. The summed E-state index contributed by atoms with van der Waals surface area (Å²) in [5, 5.41) is 3.61. The van der Waals surface area contributed by atoms with Crippen LogP contribution in [0.25, 0.3) is 11.1 Å². The van der Waals surface area contributed by atoms with E-state index in [1.807, 2.05) is 0 Å². The molecule has 0 radical (unpaired) electrons. The summed E-state index contributed by atoms with van der Waals surface area (Å²) in [5.74, 6) is 0. The topological polar surface area (TPSA) is 15.3 Å². The molecule has 0 spiro atoms. The van der Waals surface area contributed by atoms with Gasteiger partial charge in [-0.3, -0.25) is 0 Å². The van der Waals surface area contributed by atoms with Gasteiger partial charge in [-0.05, 0) is 50.5 Å². The first-order valence-electron chi connectivity index (χ1n) is 8.04. The molecule has 0 bridgehead atoms. The first kappa shape index (κ1) is 14.2. The van der Waals surface area contributed by atoms with Crippen LogP contribution in [0.3, 0.4) is 0 Å². The fourth-order valence-corrected chi connectivity index (χ4v) is 3.04. The first-order valence-corrected chi connectivity index (χ1v) is 8.04. The number of likely N-dealkylation sites (tertiary alicyclic amines) is 1. The van der Waals surface area contributed by atoms with Crippen LogP contribution in [0, 0.1) is 0 Å². The van der Waals surface area contributed by atoms with Gasteiger partial charge >= 0.3 is 0 Å². The van der Waals surface area contributed by atoms with E-state index in [-0.39, 0.29) is 0 Å². The molecular weight excluding hydrogens is 256 g/mol. The summed E-state index contributed by atoms with van der Waals surface area (Å²) >= 11 is 0. The van der Waals surface area contributed by atoms with E-state index in [9.17, 15) is 0 Å². The largest absolute Gasteiger partial charge is 0.384 e. The van der Waals surface area contributed by atoms with Crippen LogP contribution in [0.4, 0.5) is 5.69 Å². The van der Waals surface area contributed by atoms with Gasteiger partial charge in [-0.1, -0.05) is 48.5 Å². The van der Waals surface area contributed by atoms with Gasteiger partial charge in [-0.2, -0.15) is 0 Å². The van der Waals surface area contributed by atoms with Crippen molar-refractivity contribution in [1.82, 2.24) is 4.90 Å². The average Bonchev–Trinajstić information content (AvgIpc) is 3.06. The van der Waals surface area contributed by atoms with Crippen LogP contribution < -0.4 is 5.32 Å². The van der Waals surface area contributed by atoms with Crippen molar-refractivity contribution < 1.29 is 0 Å². The van der Waals surface area contributed by atoms with Crippen molar-refractivity contribution in [3.63, 3.8) is 0 Å². The lowest BCUT2D eigenvalue weighted by Crippen LogP contribution is -2.22. The predicted octanol–water partition coefficient (Wildman–Crippen LogP) is 4.25. The van der Waals surface area contributed by atoms with E-state index in [1.54, 1.807) is 0 Å². The van der Waals surface area contributed by atoms with Crippen LogP contribution in [0.15, 0.2) is 54.6 Å². The highest BCUT2D eigenvalue weighted by atomic mass is 15.1. The third-order valence-electron chi connectivity index (χ3n) is 4.18. The molecule has 1 aliphatic heterocycles. The Hall–Kier alpha value is -1.80. The summed E-state index contributed by atoms with van der Waals surface area (Å²) < 4.78 is 0. The molecule has 110 valence electrons. The molecule has 0 aromatic heterocycles. The summed E-state index contributed by atoms with van der Waals surface area (Å²) in [6.07, 6.45) is 3.97. The van der Waals surface area contributed by atoms with Crippen LogP contribution in [0.2, 0.25) is 0 Å². The van der Waals surface area contributed by atoms with Crippen molar-refractivity contribution in [3.05, 3.63) is 54.6 Å². The lowest BCUT2D eigenvalue weighted by molar-refractivity contribution is 0.337. The maximum Gasteiger partial charge on any atom is 0.0419 e. The Morgan fingerprint density at radius 2 is 1.57 bits per heavy atom. The standard InChI is InChI=1S/C19H24N2/c1-2-9-17(10-3-1)18-11-4-5-12-19(18)20-13-8-16-21-14-6-7-15-21/h1-5,9-12,20H,6-8,13-16H2. The Kier molecular flexibility index (Phi) is 4.90. The number of nitrogens with zero attached hydrogens (tertiary/aromatic N) is 1. The van der Waals surface area contributed by atoms with E-state index in [0.29, 0.717) is 0 Å². The van der Waals surface area contributed by atoms with E-state index in [2.05, 4.69) is 64.8 Å². The zero-order valence-electron chi connectivity index (χ0n) is 12.6. The van der Waals surface area contributed by atoms with Crippen molar-refractivity contribution in [2.45, 2.75) is 19.3 Å². The van der Waals surface area contributed by atoms with Crippen molar-refractivity contribution in [3.8, 4) is 11.1 Å². The fraction of sp³-hybridized carbons (Fsp3) is 0.368. The molecule has 1 N–H and O–H groups in total. The van der Waals surface area contributed by atoms with Crippen molar-refractivity contribution >= 4 is 5.69 Å². The maximum absolute atomic E-state index is 3.61. The molecule has 0 amide bonds. The minimum absolute atomic E-state index is 1.04. The molecule has 0 saturated carbocycles. The predicted molar refractivity (Wildman–Crippen MR) is 90.7 cm³/mol. The number of hydrogen-bond acceptors (Lipinski definition) is 2. The smallest absolute Gasteiger partial charge is 0.0419 e. The molecule has 0 aliphatic carbocycles. The van der Waals surface area contributed by atoms with Crippen LogP contribution in [-0.4, -0.2) is 31.1 Å². The van der Waals surface area contributed by atoms with Gasteiger partial charge in [0.25, 0.3) is 0 Å². The third kappa shape index (κ3) is 3.85. The summed E-state index contributed by atoms with van der Waals surface area (Å²) in [6, 6.07) is 19.2. The van der Waals surface area contributed by atoms with Gasteiger partial charge in [0.1, 0.15) is 0 Å². The highest BCUT2D eigenvalue weighted by molar-refractivity contribution is 5.77. The number of para-hydroxylation sites is 1. The van der Waals surface area contributed by atoms with Crippen LogP contribution in [0.5, 0.6) is 0 Å². The van der Waals surface area contributed by atoms with Crippen molar-refractivity contribution in [2.24, 2.45) is 0 Å². The molecule has 21 heavy (non-hydrogen) atoms. The highest BCUT2D eigenvalue weighted by Gasteiger charge is 2.10. The van der Waals surface area contributed by atoms with Crippen molar-refractivity contribution in [2.75, 3.05) is 31.5 Å². The molecule has 1 saturated heterocycles. The van der Waals surface area contributed by atoms with Gasteiger partial charge in [0.15, 0.2) is 0 Å². The third-order valence-corrected chi connectivity index (χ3v) is 4.18. The van der Waals surface area contributed by atoms with Gasteiger partial charge in [0, 0.05) is 17.8 Å². The molecule has 2 aromatic carbocycles. The van der Waals surface area contributed by atoms with Crippen molar-refractivity contribution in [1.29, 1.82) is 0 Å². The quantitative estimate of drug-likeness (QED) is 0.796. The molecule has 1 fully saturated rings. The second-order valence-electron chi connectivity index (χ2n) is 5.74. The molecule has 0 unspecified atom stereocenters. The van der Waals surface area contributed by atoms with Gasteiger partial charge < -0.3 is 10.2 Å². The molecular formula is C19H24N2. The Bertz CT molecular complexity index is 545.